The molecule has 0 aliphatic carbocycles. The fourth-order valence-corrected chi connectivity index (χ4v) is 2.36. The summed E-state index contributed by atoms with van der Waals surface area (Å²) in [5, 5.41) is 0. The van der Waals surface area contributed by atoms with Crippen LogP contribution in [0, 0.1) is 17.5 Å². The Balaban J connectivity index is 2.39. The number of nitrogens with zero attached hydrogens (tertiary/aromatic N) is 1. The van der Waals surface area contributed by atoms with Gasteiger partial charge in [-0.2, -0.15) is 0 Å². The number of halogens is 3. The first-order valence-electron chi connectivity index (χ1n) is 5.54. The van der Waals surface area contributed by atoms with Crippen molar-refractivity contribution in [3.05, 3.63) is 29.6 Å². The van der Waals surface area contributed by atoms with Gasteiger partial charge in [0.2, 0.25) is 0 Å². The maximum Gasteiger partial charge on any atom is 0.152 e. The maximum atomic E-state index is 13.6. The highest BCUT2D eigenvalue weighted by Gasteiger charge is 2.28. The van der Waals surface area contributed by atoms with Gasteiger partial charge in [0.05, 0.1) is 0 Å². The van der Waals surface area contributed by atoms with E-state index in [-0.39, 0.29) is 11.7 Å². The van der Waals surface area contributed by atoms with Crippen LogP contribution in [0.25, 0.3) is 0 Å². The van der Waals surface area contributed by atoms with E-state index < -0.39 is 17.5 Å². The Hall–Kier alpha value is -1.19. The molecule has 1 atom stereocenters. The number of hydrogen-bond acceptors (Lipinski definition) is 1. The van der Waals surface area contributed by atoms with Crippen LogP contribution < -0.4 is 4.90 Å². The molecule has 1 aliphatic rings. The fraction of sp³-hybridized carbons (Fsp3) is 0.500. The van der Waals surface area contributed by atoms with Crippen molar-refractivity contribution >= 4 is 5.69 Å². The second-order valence-electron chi connectivity index (χ2n) is 4.12. The first kappa shape index (κ1) is 11.3. The molecule has 88 valence electrons. The molecule has 2 rings (SSSR count). The predicted octanol–water partition coefficient (Wildman–Crippen LogP) is 3.48. The molecule has 1 aromatic rings. The number of rotatable bonds is 2. The highest BCUT2D eigenvalue weighted by molar-refractivity contribution is 5.51. The molecule has 4 heteroatoms. The zero-order valence-corrected chi connectivity index (χ0v) is 9.14. The van der Waals surface area contributed by atoms with Crippen LogP contribution in [0.4, 0.5) is 18.9 Å². The molecule has 1 heterocycles. The third-order valence-electron chi connectivity index (χ3n) is 3.12. The van der Waals surface area contributed by atoms with Crippen molar-refractivity contribution in [2.24, 2.45) is 0 Å². The Kier molecular flexibility index (Phi) is 3.08. The standard InChI is InChI=1S/C12H14F3N/c1-2-9-4-3-5-16(9)12-10(14)6-8(13)7-11(12)15/h6-7,9H,2-5H2,1H3. The van der Waals surface area contributed by atoms with Crippen LogP contribution in [-0.4, -0.2) is 12.6 Å². The Morgan fingerprint density at radius 1 is 1.25 bits per heavy atom. The van der Waals surface area contributed by atoms with Crippen LogP contribution in [0.1, 0.15) is 26.2 Å². The van der Waals surface area contributed by atoms with Gasteiger partial charge in [-0.15, -0.1) is 0 Å². The zero-order valence-electron chi connectivity index (χ0n) is 9.14. The quantitative estimate of drug-likeness (QED) is 0.750. The Labute approximate surface area is 92.9 Å². The molecular weight excluding hydrogens is 215 g/mol. The molecule has 0 amide bonds. The van der Waals surface area contributed by atoms with Crippen molar-refractivity contribution in [1.82, 2.24) is 0 Å². The SMILES string of the molecule is CCC1CCCN1c1c(F)cc(F)cc1F. The van der Waals surface area contributed by atoms with E-state index >= 15 is 0 Å². The van der Waals surface area contributed by atoms with Crippen molar-refractivity contribution < 1.29 is 13.2 Å². The normalized spacial score (nSPS) is 20.5. The molecule has 0 radical (unpaired) electrons. The van der Waals surface area contributed by atoms with E-state index in [2.05, 4.69) is 0 Å². The summed E-state index contributed by atoms with van der Waals surface area (Å²) in [6.07, 6.45) is 2.71. The second kappa shape index (κ2) is 4.36. The molecule has 0 aromatic heterocycles. The highest BCUT2D eigenvalue weighted by atomic mass is 19.1. The molecular formula is C12H14F3N. The lowest BCUT2D eigenvalue weighted by Gasteiger charge is -2.26. The van der Waals surface area contributed by atoms with Crippen molar-refractivity contribution in [2.45, 2.75) is 32.2 Å². The average Bonchev–Trinajstić information content (AvgIpc) is 2.64. The van der Waals surface area contributed by atoms with E-state index in [0.29, 0.717) is 6.54 Å². The lowest BCUT2D eigenvalue weighted by Crippen LogP contribution is -2.30. The summed E-state index contributed by atoms with van der Waals surface area (Å²) < 4.78 is 39.9. The Bertz CT molecular complexity index is 369. The van der Waals surface area contributed by atoms with Gasteiger partial charge in [0.1, 0.15) is 11.5 Å². The van der Waals surface area contributed by atoms with Gasteiger partial charge in [-0.3, -0.25) is 0 Å². The Morgan fingerprint density at radius 2 is 1.88 bits per heavy atom. The van der Waals surface area contributed by atoms with Crippen LogP contribution in [0.5, 0.6) is 0 Å². The first-order chi connectivity index (χ1) is 7.63. The smallest absolute Gasteiger partial charge is 0.152 e. The van der Waals surface area contributed by atoms with Gasteiger partial charge in [-0.1, -0.05) is 6.92 Å². The van der Waals surface area contributed by atoms with Gasteiger partial charge in [0.25, 0.3) is 0 Å². The minimum absolute atomic E-state index is 0.0780. The summed E-state index contributed by atoms with van der Waals surface area (Å²) in [6, 6.07) is 1.64. The van der Waals surface area contributed by atoms with Gasteiger partial charge in [-0.25, -0.2) is 13.2 Å². The van der Waals surface area contributed by atoms with E-state index in [1.54, 1.807) is 4.90 Å². The first-order valence-corrected chi connectivity index (χ1v) is 5.54. The van der Waals surface area contributed by atoms with E-state index in [4.69, 9.17) is 0 Å². The van der Waals surface area contributed by atoms with E-state index in [1.807, 2.05) is 6.92 Å². The topological polar surface area (TPSA) is 3.24 Å². The summed E-state index contributed by atoms with van der Waals surface area (Å²) in [5.41, 5.74) is -0.0780. The van der Waals surface area contributed by atoms with Crippen molar-refractivity contribution in [3.63, 3.8) is 0 Å². The maximum absolute atomic E-state index is 13.6. The van der Waals surface area contributed by atoms with E-state index in [1.165, 1.54) is 0 Å². The van der Waals surface area contributed by atoms with E-state index in [0.717, 1.165) is 31.4 Å². The fourth-order valence-electron chi connectivity index (χ4n) is 2.36. The highest BCUT2D eigenvalue weighted by Crippen LogP contribution is 2.32. The van der Waals surface area contributed by atoms with Crippen molar-refractivity contribution in [2.75, 3.05) is 11.4 Å². The summed E-state index contributed by atoms with van der Waals surface area (Å²) in [7, 11) is 0. The summed E-state index contributed by atoms with van der Waals surface area (Å²) in [6.45, 7) is 2.63. The van der Waals surface area contributed by atoms with Gasteiger partial charge in [-0.05, 0) is 19.3 Å². The van der Waals surface area contributed by atoms with Gasteiger partial charge < -0.3 is 4.90 Å². The van der Waals surface area contributed by atoms with Crippen LogP contribution >= 0.6 is 0 Å². The van der Waals surface area contributed by atoms with Crippen LogP contribution in [-0.2, 0) is 0 Å². The number of hydrogen-bond donors (Lipinski definition) is 0. The Morgan fingerprint density at radius 3 is 2.44 bits per heavy atom. The van der Waals surface area contributed by atoms with Crippen molar-refractivity contribution in [3.8, 4) is 0 Å². The van der Waals surface area contributed by atoms with Crippen LogP contribution in [0.15, 0.2) is 12.1 Å². The third-order valence-corrected chi connectivity index (χ3v) is 3.12. The van der Waals surface area contributed by atoms with E-state index in [9.17, 15) is 13.2 Å². The van der Waals surface area contributed by atoms with Gasteiger partial charge in [0.15, 0.2) is 11.6 Å². The number of benzene rings is 1. The largest absolute Gasteiger partial charge is 0.364 e. The third kappa shape index (κ3) is 1.88. The lowest BCUT2D eigenvalue weighted by atomic mass is 10.1. The molecule has 1 unspecified atom stereocenters. The zero-order chi connectivity index (χ0) is 11.7. The van der Waals surface area contributed by atoms with Crippen LogP contribution in [0.3, 0.4) is 0 Å². The summed E-state index contributed by atoms with van der Waals surface area (Å²) >= 11 is 0. The molecule has 0 bridgehead atoms. The van der Waals surface area contributed by atoms with Crippen molar-refractivity contribution in [1.29, 1.82) is 0 Å². The minimum atomic E-state index is -0.869. The molecule has 1 aromatic carbocycles. The molecule has 0 N–H and O–H groups in total. The monoisotopic (exact) mass is 229 g/mol. The molecule has 1 aliphatic heterocycles. The van der Waals surface area contributed by atoms with Gasteiger partial charge in [0, 0.05) is 24.7 Å². The second-order valence-corrected chi connectivity index (χ2v) is 4.12. The molecule has 0 spiro atoms. The molecule has 1 nitrogen and oxygen atoms in total. The summed E-state index contributed by atoms with van der Waals surface area (Å²) in [4.78, 5) is 1.71. The average molecular weight is 229 g/mol. The number of anilines is 1. The molecule has 1 fully saturated rings. The van der Waals surface area contributed by atoms with Gasteiger partial charge >= 0.3 is 0 Å². The summed E-state index contributed by atoms with van der Waals surface area (Å²) in [5.74, 6) is -2.48. The molecule has 16 heavy (non-hydrogen) atoms. The predicted molar refractivity (Wildman–Crippen MR) is 57.0 cm³/mol. The molecule has 0 saturated carbocycles. The molecule has 1 saturated heterocycles. The minimum Gasteiger partial charge on any atom is -0.364 e. The lowest BCUT2D eigenvalue weighted by molar-refractivity contribution is 0.529. The van der Waals surface area contributed by atoms with Crippen LogP contribution in [0.2, 0.25) is 0 Å².